The van der Waals surface area contributed by atoms with E-state index in [1.165, 1.54) is 24.0 Å². The van der Waals surface area contributed by atoms with Crippen LogP contribution in [-0.4, -0.2) is 28.0 Å². The van der Waals surface area contributed by atoms with Gasteiger partial charge in [0.2, 0.25) is 0 Å². The summed E-state index contributed by atoms with van der Waals surface area (Å²) in [6.07, 6.45) is -2.15. The van der Waals surface area contributed by atoms with Gasteiger partial charge in [0.25, 0.3) is 5.91 Å². The average molecular weight is 460 g/mol. The Kier molecular flexibility index (Phi) is 7.14. The van der Waals surface area contributed by atoms with Gasteiger partial charge in [0.15, 0.2) is 0 Å². The fourth-order valence-corrected chi connectivity index (χ4v) is 3.83. The molecule has 0 bridgehead atoms. The molecular weight excluding hydrogens is 441 g/mol. The number of nitrogens with one attached hydrogen (secondary N) is 2. The molecule has 2 amide bonds. The van der Waals surface area contributed by atoms with Gasteiger partial charge in [-0.2, -0.15) is 13.2 Å². The van der Waals surface area contributed by atoms with E-state index in [9.17, 15) is 22.8 Å². The normalized spacial score (nSPS) is 11.2. The van der Waals surface area contributed by atoms with Crippen molar-refractivity contribution in [2.24, 2.45) is 0 Å². The summed E-state index contributed by atoms with van der Waals surface area (Å²) in [5.74, 6) is -2.32. The molecular formula is C22H19F3N4O2S. The number of anilines is 2. The van der Waals surface area contributed by atoms with E-state index in [2.05, 4.69) is 15.3 Å². The van der Waals surface area contributed by atoms with Crippen LogP contribution in [0.3, 0.4) is 0 Å². The second-order valence-electron chi connectivity index (χ2n) is 6.98. The second-order valence-corrected chi connectivity index (χ2v) is 7.94. The summed E-state index contributed by atoms with van der Waals surface area (Å²) >= 11 is 1.24. The third-order valence-electron chi connectivity index (χ3n) is 4.19. The van der Waals surface area contributed by atoms with Gasteiger partial charge in [-0.1, -0.05) is 6.07 Å². The van der Waals surface area contributed by atoms with Gasteiger partial charge in [-0.3, -0.25) is 9.59 Å². The van der Waals surface area contributed by atoms with Crippen LogP contribution in [0.4, 0.5) is 24.7 Å². The molecule has 0 saturated carbocycles. The van der Waals surface area contributed by atoms with Crippen LogP contribution in [0.1, 0.15) is 27.0 Å². The number of halogens is 3. The van der Waals surface area contributed by atoms with E-state index in [1.54, 1.807) is 29.7 Å². The minimum atomic E-state index is -5.00. The molecule has 0 unspecified atom stereocenters. The number of hydrogen-bond donors (Lipinski definition) is 2. The molecule has 0 aliphatic carbocycles. The number of amides is 2. The van der Waals surface area contributed by atoms with E-state index in [0.29, 0.717) is 27.6 Å². The maximum atomic E-state index is 12.8. The Balaban J connectivity index is 1.71. The molecule has 10 heteroatoms. The van der Waals surface area contributed by atoms with Crippen molar-refractivity contribution < 1.29 is 22.8 Å². The van der Waals surface area contributed by atoms with E-state index in [-0.39, 0.29) is 11.7 Å². The van der Waals surface area contributed by atoms with Crippen molar-refractivity contribution in [1.82, 2.24) is 9.97 Å². The highest BCUT2D eigenvalue weighted by Gasteiger charge is 2.38. The van der Waals surface area contributed by atoms with Crippen molar-refractivity contribution in [3.05, 3.63) is 77.1 Å². The van der Waals surface area contributed by atoms with Crippen LogP contribution >= 0.6 is 11.8 Å². The number of thioether (sulfide) groups is 1. The van der Waals surface area contributed by atoms with Gasteiger partial charge < -0.3 is 10.6 Å². The quantitative estimate of drug-likeness (QED) is 0.498. The third-order valence-corrected chi connectivity index (χ3v) is 5.27. The lowest BCUT2D eigenvalue weighted by molar-refractivity contribution is -0.167. The molecule has 3 rings (SSSR count). The van der Waals surface area contributed by atoms with Crippen LogP contribution < -0.4 is 10.6 Å². The summed E-state index contributed by atoms with van der Waals surface area (Å²) in [5.41, 5.74) is 3.69. The van der Waals surface area contributed by atoms with Gasteiger partial charge in [-0.05, 0) is 66.9 Å². The Morgan fingerprint density at radius 1 is 0.969 bits per heavy atom. The summed E-state index contributed by atoms with van der Waals surface area (Å²) in [6.45, 7) is 3.88. The number of nitrogens with zero attached hydrogens (tertiary/aromatic N) is 2. The average Bonchev–Trinajstić information content (AvgIpc) is 2.71. The summed E-state index contributed by atoms with van der Waals surface area (Å²) in [6, 6.07) is 12.0. The molecule has 2 aromatic heterocycles. The minimum Gasteiger partial charge on any atom is -0.322 e. The first-order valence-corrected chi connectivity index (χ1v) is 10.4. The zero-order valence-corrected chi connectivity index (χ0v) is 18.0. The molecule has 0 saturated heterocycles. The van der Waals surface area contributed by atoms with Crippen molar-refractivity contribution in [3.8, 4) is 0 Å². The number of hydrogen-bond acceptors (Lipinski definition) is 5. The Labute approximate surface area is 186 Å². The maximum Gasteiger partial charge on any atom is 0.471 e. The van der Waals surface area contributed by atoms with Crippen LogP contribution in [0.2, 0.25) is 0 Å². The number of carbonyl (C=O) groups excluding carboxylic acids is 2. The zero-order valence-electron chi connectivity index (χ0n) is 17.2. The smallest absolute Gasteiger partial charge is 0.322 e. The van der Waals surface area contributed by atoms with Crippen molar-refractivity contribution in [3.63, 3.8) is 0 Å². The summed E-state index contributed by atoms with van der Waals surface area (Å²) in [4.78, 5) is 31.9. The van der Waals surface area contributed by atoms with Crippen molar-refractivity contribution in [1.29, 1.82) is 0 Å². The van der Waals surface area contributed by atoms with Gasteiger partial charge in [-0.25, -0.2) is 9.97 Å². The number of rotatable bonds is 6. The summed E-state index contributed by atoms with van der Waals surface area (Å²) in [5, 5.41) is 5.05. The molecule has 32 heavy (non-hydrogen) atoms. The third kappa shape index (κ3) is 6.30. The molecule has 3 aromatic rings. The fraction of sp³-hybridized carbons (Fsp3) is 0.182. The molecule has 0 spiro atoms. The fourth-order valence-electron chi connectivity index (χ4n) is 2.90. The van der Waals surface area contributed by atoms with E-state index in [1.807, 2.05) is 32.0 Å². The van der Waals surface area contributed by atoms with E-state index < -0.39 is 12.1 Å². The van der Waals surface area contributed by atoms with Crippen LogP contribution in [0.25, 0.3) is 0 Å². The topological polar surface area (TPSA) is 84.0 Å². The van der Waals surface area contributed by atoms with Gasteiger partial charge in [-0.15, -0.1) is 11.8 Å². The lowest BCUT2D eigenvalue weighted by Crippen LogP contribution is -2.30. The Hall–Kier alpha value is -3.40. The molecule has 6 nitrogen and oxygen atoms in total. The first kappa shape index (κ1) is 23.3. The molecule has 2 heterocycles. The zero-order chi connectivity index (χ0) is 23.3. The number of pyridine rings is 2. The van der Waals surface area contributed by atoms with Crippen molar-refractivity contribution in [2.45, 2.75) is 30.8 Å². The first-order chi connectivity index (χ1) is 15.1. The molecule has 0 atom stereocenters. The van der Waals surface area contributed by atoms with Crippen LogP contribution in [0.15, 0.2) is 59.9 Å². The van der Waals surface area contributed by atoms with E-state index >= 15 is 0 Å². The lowest BCUT2D eigenvalue weighted by Gasteiger charge is -2.11. The minimum absolute atomic E-state index is 0.209. The molecule has 0 aliphatic rings. The van der Waals surface area contributed by atoms with Gasteiger partial charge in [0.1, 0.15) is 10.8 Å². The molecule has 1 aromatic carbocycles. The number of benzene rings is 1. The predicted molar refractivity (Wildman–Crippen MR) is 117 cm³/mol. The number of carbonyl (C=O) groups is 2. The monoisotopic (exact) mass is 460 g/mol. The Morgan fingerprint density at radius 3 is 2.38 bits per heavy atom. The highest BCUT2D eigenvalue weighted by atomic mass is 32.2. The Morgan fingerprint density at radius 2 is 1.69 bits per heavy atom. The van der Waals surface area contributed by atoms with Gasteiger partial charge in [0.05, 0.1) is 5.56 Å². The lowest BCUT2D eigenvalue weighted by atomic mass is 10.1. The Bertz CT molecular complexity index is 1130. The second kappa shape index (κ2) is 9.82. The molecule has 0 fully saturated rings. The molecule has 0 aliphatic heterocycles. The number of aryl methyl sites for hydroxylation is 2. The summed E-state index contributed by atoms with van der Waals surface area (Å²) < 4.78 is 37.3. The highest BCUT2D eigenvalue weighted by molar-refractivity contribution is 7.98. The largest absolute Gasteiger partial charge is 0.471 e. The van der Waals surface area contributed by atoms with E-state index in [0.717, 1.165) is 11.1 Å². The van der Waals surface area contributed by atoms with Crippen LogP contribution in [0.5, 0.6) is 0 Å². The maximum absolute atomic E-state index is 12.8. The summed E-state index contributed by atoms with van der Waals surface area (Å²) in [7, 11) is 0. The SMILES string of the molecule is Cc1cc(C)cc(NC(=O)c2cccnc2SCc2ccnc(NC(=O)C(F)(F)F)c2)c1. The van der Waals surface area contributed by atoms with Gasteiger partial charge >= 0.3 is 12.1 Å². The predicted octanol–water partition coefficient (Wildman–Crippen LogP) is 5.14. The van der Waals surface area contributed by atoms with Crippen LogP contribution in [-0.2, 0) is 10.5 Å². The molecule has 0 radical (unpaired) electrons. The van der Waals surface area contributed by atoms with Gasteiger partial charge in [0, 0.05) is 23.8 Å². The van der Waals surface area contributed by atoms with E-state index in [4.69, 9.17) is 0 Å². The standard InChI is InChI=1S/C22H19F3N4O2S/c1-13-8-14(2)10-16(9-13)28-19(30)17-4-3-6-27-20(17)32-12-15-5-7-26-18(11-15)29-21(31)22(23,24)25/h3-11H,12H2,1-2H3,(H,28,30)(H,26,29,31). The molecule has 166 valence electrons. The van der Waals surface area contributed by atoms with Crippen molar-refractivity contribution in [2.75, 3.05) is 10.6 Å². The number of alkyl halides is 3. The van der Waals surface area contributed by atoms with Crippen molar-refractivity contribution >= 4 is 35.1 Å². The first-order valence-electron chi connectivity index (χ1n) is 9.42. The molecule has 2 N–H and O–H groups in total. The highest BCUT2D eigenvalue weighted by Crippen LogP contribution is 2.26. The number of aromatic nitrogens is 2. The van der Waals surface area contributed by atoms with Crippen LogP contribution in [0, 0.1) is 13.8 Å².